The molecule has 0 amide bonds. The lowest BCUT2D eigenvalue weighted by Gasteiger charge is -2.36. The summed E-state index contributed by atoms with van der Waals surface area (Å²) in [6.07, 6.45) is -19.8. The number of fused-ring (bicyclic) bond motifs is 2. The Bertz CT molecular complexity index is 7320. The summed E-state index contributed by atoms with van der Waals surface area (Å²) in [6, 6.07) is 0. The number of nitrogens with zero attached hydrogens (tertiary/aromatic N) is 14. The first-order valence-electron chi connectivity index (χ1n) is 43.2. The summed E-state index contributed by atoms with van der Waals surface area (Å²) in [5.74, 6) is 0.0564. The van der Waals surface area contributed by atoms with Gasteiger partial charge in [-0.15, -0.1) is 0 Å². The van der Waals surface area contributed by atoms with E-state index >= 15 is 0 Å². The first-order valence-corrected chi connectivity index (χ1v) is 61.1. The lowest BCUT2D eigenvalue weighted by Crippen LogP contribution is -2.35. The van der Waals surface area contributed by atoms with E-state index in [4.69, 9.17) is 197 Å². The maximum atomic E-state index is 14.9. The van der Waals surface area contributed by atoms with Crippen LogP contribution in [0.1, 0.15) is 130 Å². The number of anilines is 3. The SMILES string of the molecule is CC[C@H]1O[C@@H](n2cnc3c(N)ncnc32)CC1OP([O-])(=S)OC[C@H]1O[C@@H](n2cnc3c(N)ncnc32)CC1OP(=O)([S-])OC[C@H]1O[C@@H](n2cc(C)c(=O)[nH]c2=O)CC1OP([O-])(=S)OC[C@H]1O[C@@H](n2cc(C)c(=O)[nH]c2=O)CC1OP([O-])(=S)OC[C@H]1O[C@@H](n2cc(C)c(=O)[nH]c2=O)CC1OP([O-])(=S)OC[C@H]1O[C@@H](n2cc(C)c(=O)[nH]c2=O)CC1OP([O-])(=S)OC[C@H]1O[C@@H](n2cc(C)c(N)nc2=O)CC1OP([O-])(=S)OC. The highest BCUT2D eigenvalue weighted by Crippen LogP contribution is 2.57. The number of ether oxygens (including phenoxy) is 7. The monoisotopic (exact) mass is 2280 g/mol. The van der Waals surface area contributed by atoms with Crippen LogP contribution in [0, 0.1) is 34.6 Å². The van der Waals surface area contributed by atoms with Crippen molar-refractivity contribution in [2.45, 2.75) is 222 Å². The Kier molecular flexibility index (Phi) is 34.0. The third-order valence-corrected chi connectivity index (χ3v) is 34.9. The Morgan fingerprint density at radius 3 is 0.903 bits per heavy atom. The Hall–Kier alpha value is -6.50. The number of aryl methyl sites for hydroxylation is 5. The Morgan fingerprint density at radius 1 is 0.361 bits per heavy atom. The van der Waals surface area contributed by atoms with Crippen molar-refractivity contribution in [3.05, 3.63) is 178 Å². The van der Waals surface area contributed by atoms with Gasteiger partial charge >= 0.3 is 28.4 Å². The molecule has 10 N–H and O–H groups in total. The topological polar surface area (TPSA) is 769 Å². The van der Waals surface area contributed by atoms with E-state index < -0.39 is 292 Å². The number of rotatable bonds is 41. The van der Waals surface area contributed by atoms with Gasteiger partial charge in [-0.2, -0.15) is 4.98 Å². The van der Waals surface area contributed by atoms with Crippen LogP contribution in [0.15, 0.2) is 99.4 Å². The molecule has 0 bridgehead atoms. The van der Waals surface area contributed by atoms with E-state index in [0.29, 0.717) is 23.1 Å². The predicted octanol–water partition coefficient (Wildman–Crippen LogP) is -2.56. The molecular weight excluding hydrogens is 2190 g/mol. The Morgan fingerprint density at radius 2 is 0.611 bits per heavy atom. The van der Waals surface area contributed by atoms with Gasteiger partial charge in [0.1, 0.15) is 150 Å². The summed E-state index contributed by atoms with van der Waals surface area (Å²) in [7, 11) is 1.02. The highest BCUT2D eigenvalue weighted by atomic mass is 32.7. The number of aromatic nitrogens is 18. The molecule has 9 aromatic rings. The molecule has 7 aliphatic heterocycles. The molecule has 788 valence electrons. The average Bonchev–Trinajstić information content (AvgIpc) is 1.63. The van der Waals surface area contributed by atoms with Gasteiger partial charge in [0.15, 0.2) is 29.7 Å². The number of nitrogens with one attached hydrogen (secondary N) is 4. The van der Waals surface area contributed by atoms with Crippen LogP contribution in [0.2, 0.25) is 0 Å². The van der Waals surface area contributed by atoms with Crippen LogP contribution in [-0.4, -0.2) is 219 Å². The van der Waals surface area contributed by atoms with E-state index in [2.05, 4.69) is 54.8 Å². The van der Waals surface area contributed by atoms with Gasteiger partial charge in [0, 0.05) is 111 Å². The third kappa shape index (κ3) is 25.9. The summed E-state index contributed by atoms with van der Waals surface area (Å²) < 4.78 is 148. The lowest BCUT2D eigenvalue weighted by atomic mass is 10.1. The molecule has 7 fully saturated rings. The normalized spacial score (nSPS) is 29.7. The molecule has 0 spiro atoms. The second-order valence-electron chi connectivity index (χ2n) is 33.6. The van der Waals surface area contributed by atoms with E-state index in [1.54, 1.807) is 18.4 Å². The van der Waals surface area contributed by atoms with Crippen LogP contribution in [0.5, 0.6) is 0 Å². The van der Waals surface area contributed by atoms with Crippen molar-refractivity contribution in [2.24, 2.45) is 0 Å². The molecule has 144 heavy (non-hydrogen) atoms. The van der Waals surface area contributed by atoms with E-state index in [1.807, 2.05) is 0 Å². The Balaban J connectivity index is 0.603. The minimum Gasteiger partial charge on any atom is -0.780 e. The van der Waals surface area contributed by atoms with Gasteiger partial charge in [-0.3, -0.25) is 75.6 Å². The number of aromatic amines is 4. The van der Waals surface area contributed by atoms with E-state index in [1.165, 1.54) is 63.8 Å². The van der Waals surface area contributed by atoms with Gasteiger partial charge in [0.05, 0.1) is 101 Å². The summed E-state index contributed by atoms with van der Waals surface area (Å²) in [4.78, 5) is 242. The number of imidazole rings is 2. The number of H-pyrrole nitrogens is 4. The molecule has 0 aromatic carbocycles. The first-order chi connectivity index (χ1) is 67.8. The molecule has 0 radical (unpaired) electrons. The van der Waals surface area contributed by atoms with E-state index in [9.17, 15) is 77.1 Å². The number of hydrogen-bond donors (Lipinski definition) is 7. The van der Waals surface area contributed by atoms with Gasteiger partial charge in [0.2, 0.25) is 0 Å². The average molecular weight is 2280 g/mol. The zero-order chi connectivity index (χ0) is 104. The fraction of sp³-hybridized carbons (Fsp3) is 0.583. The fourth-order valence-corrected chi connectivity index (χ4v) is 26.4. The molecule has 72 heteroatoms. The molecule has 16 rings (SSSR count). The molecule has 58 nitrogen and oxygen atoms in total. The van der Waals surface area contributed by atoms with Gasteiger partial charge in [0.25, 0.3) is 22.2 Å². The summed E-state index contributed by atoms with van der Waals surface area (Å²) >= 11 is 37.8. The lowest BCUT2D eigenvalue weighted by molar-refractivity contribution is -0.221. The van der Waals surface area contributed by atoms with Crippen LogP contribution < -0.4 is 97.2 Å². The van der Waals surface area contributed by atoms with Crippen molar-refractivity contribution in [1.29, 1.82) is 0 Å². The highest BCUT2D eigenvalue weighted by Gasteiger charge is 2.49. The van der Waals surface area contributed by atoms with Crippen LogP contribution in [0.4, 0.5) is 17.5 Å². The minimum atomic E-state index is -5.10. The molecule has 7 aliphatic rings. The van der Waals surface area contributed by atoms with E-state index in [0.717, 1.165) is 54.7 Å². The van der Waals surface area contributed by atoms with Crippen LogP contribution >= 0.6 is 47.1 Å². The number of nitrogen functional groups attached to an aromatic ring is 3. The standard InChI is InChI=1S/C72H96N21O37P7S7/c1-8-36-37(9-55(117-36)92-29-80-57-60(74)76-27-78-62(57)92)125-132(104,139)111-26-49-43(15-56(123-49)93-30-81-58-61(75)77-28-79-63(58)93)130-137(109,144)116-25-48-42(14-54(122-48)91-20-35(6)67(97)86-72(91)102)129-136(108,143)115-24-47-41(13-53(121-47)90-19-34(5)66(96)85-71(90)101)128-135(107,142)114-23-46-40(12-52(120-46)89-18-33(4)65(95)84-70(89)100)127-134(106,141)113-22-45-39(11-51(119-45)88-17-32(3)64(94)83-69(88)99)126-133(105,140)112-21-44-38(124-131(103,138)110-7)10-50(118-44)87-16-31(2)59(73)82-68(87)98/h16-20,27-30,36-56H,8-15,21-26H2,1-7H3,(H,103,138)(H,104,139)(H,105,140)(H,106,141)(H,107,142)(H,108,143)(H,109,144)(H2,73,82,98)(H2,74,76,78)(H2,75,77,79)(H,83,94,99)(H,84,95,100)(H,85,96,101)(H,86,97,102)/p-7/t36-,37?,38?,39?,40?,41?,42?,43?,44-,45-,46-,47-,48-,49-,50-,51-,52-,53-,54-,55-,56-,131?,132?,133?,134?,135?,136?,137?/m1/s1. The fourth-order valence-electron chi connectivity index (χ4n) is 16.7. The van der Waals surface area contributed by atoms with Crippen molar-refractivity contribution in [1.82, 2.24) is 86.8 Å². The zero-order valence-electron chi connectivity index (χ0n) is 75.8. The maximum Gasteiger partial charge on any atom is 0.351 e. The molecule has 16 heterocycles. The summed E-state index contributed by atoms with van der Waals surface area (Å²) in [5, 5.41) is 0. The van der Waals surface area contributed by atoms with Crippen molar-refractivity contribution in [2.75, 3.05) is 64.0 Å². The van der Waals surface area contributed by atoms with Crippen LogP contribution in [0.3, 0.4) is 0 Å². The zero-order valence-corrected chi connectivity index (χ0v) is 87.8. The summed E-state index contributed by atoms with van der Waals surface area (Å²) in [6.45, 7) is -30.2. The minimum absolute atomic E-state index is 0.00825. The largest absolute Gasteiger partial charge is 0.780 e. The number of nitrogens with two attached hydrogens (primary N) is 3. The predicted molar refractivity (Wildman–Crippen MR) is 509 cm³/mol. The molecule has 9 aromatic heterocycles. The van der Waals surface area contributed by atoms with Crippen molar-refractivity contribution in [3.8, 4) is 0 Å². The molecule has 14 unspecified atom stereocenters. The van der Waals surface area contributed by atoms with Crippen molar-refractivity contribution < 1.29 is 130 Å². The summed E-state index contributed by atoms with van der Waals surface area (Å²) in [5.41, 5.74) is 11.4. The molecule has 7 saturated heterocycles. The second-order valence-corrected chi connectivity index (χ2v) is 52.7. The molecule has 28 atom stereocenters. The maximum absolute atomic E-state index is 14.9. The van der Waals surface area contributed by atoms with Gasteiger partial charge in [-0.25, -0.2) is 53.9 Å². The smallest absolute Gasteiger partial charge is 0.351 e. The van der Waals surface area contributed by atoms with Crippen molar-refractivity contribution in [3.63, 3.8) is 0 Å². The molecule has 0 aliphatic carbocycles. The highest BCUT2D eigenvalue weighted by molar-refractivity contribution is 8.32. The van der Waals surface area contributed by atoms with Gasteiger partial charge in [-0.05, 0) is 41.0 Å². The Labute approximate surface area is 845 Å². The second kappa shape index (κ2) is 44.4. The van der Waals surface area contributed by atoms with Crippen LogP contribution in [-0.2, 0) is 184 Å². The van der Waals surface area contributed by atoms with Crippen LogP contribution in [0.25, 0.3) is 22.3 Å². The van der Waals surface area contributed by atoms with Gasteiger partial charge < -0.3 is 155 Å². The molecule has 0 saturated carbocycles. The van der Waals surface area contributed by atoms with Gasteiger partial charge in [-0.1, -0.05) is 77.8 Å². The quantitative estimate of drug-likeness (QED) is 0.0153. The number of hydrogen-bond acceptors (Lipinski definition) is 54. The van der Waals surface area contributed by atoms with Crippen molar-refractivity contribution >= 4 is 170 Å². The first kappa shape index (κ1) is 110. The third-order valence-electron chi connectivity index (χ3n) is 23.8. The van der Waals surface area contributed by atoms with E-state index in [-0.39, 0.29) is 70.1 Å². The molecular formula is C72H89N21O37P7S7-7.